The third-order valence-electron chi connectivity index (χ3n) is 3.87. The molecular weight excluding hydrogens is 246 g/mol. The van der Waals surface area contributed by atoms with Crippen LogP contribution in [0.2, 0.25) is 0 Å². The maximum Gasteiger partial charge on any atom is 0.171 e. The lowest BCUT2D eigenvalue weighted by Gasteiger charge is -2.15. The van der Waals surface area contributed by atoms with Crippen LogP contribution in [0.25, 0.3) is 21.5 Å². The molecule has 3 aromatic rings. The summed E-state index contributed by atoms with van der Waals surface area (Å²) in [6, 6.07) is 16.5. The first kappa shape index (κ1) is 11.4. The summed E-state index contributed by atoms with van der Waals surface area (Å²) in [6.45, 7) is 1.91. The van der Waals surface area contributed by atoms with Gasteiger partial charge in [-0.25, -0.2) is 0 Å². The zero-order chi connectivity index (χ0) is 13.7. The first-order valence-electron chi connectivity index (χ1n) is 6.75. The minimum absolute atomic E-state index is 0.174. The van der Waals surface area contributed by atoms with Gasteiger partial charge in [-0.05, 0) is 46.7 Å². The minimum Gasteiger partial charge on any atom is -0.294 e. The fourth-order valence-corrected chi connectivity index (χ4v) is 2.95. The van der Waals surface area contributed by atoms with E-state index in [0.717, 1.165) is 33.1 Å². The molecule has 96 valence electrons. The number of carbonyl (C=O) groups excluding carboxylic acids is 1. The molecule has 0 atom stereocenters. The number of benzene rings is 3. The summed E-state index contributed by atoms with van der Waals surface area (Å²) in [7, 11) is 0. The van der Waals surface area contributed by atoms with Crippen LogP contribution in [-0.4, -0.2) is 11.5 Å². The van der Waals surface area contributed by atoms with Gasteiger partial charge in [0.2, 0.25) is 0 Å². The lowest BCUT2D eigenvalue weighted by atomic mass is 9.93. The highest BCUT2D eigenvalue weighted by molar-refractivity contribution is 6.22. The Morgan fingerprint density at radius 3 is 2.50 bits per heavy atom. The van der Waals surface area contributed by atoms with Gasteiger partial charge in [-0.3, -0.25) is 9.79 Å². The first-order chi connectivity index (χ1) is 9.72. The fourth-order valence-electron chi connectivity index (χ4n) is 2.95. The molecule has 4 rings (SSSR count). The second kappa shape index (κ2) is 4.01. The highest BCUT2D eigenvalue weighted by Crippen LogP contribution is 2.34. The number of fused-ring (bicyclic) bond motifs is 4. The molecule has 0 spiro atoms. The van der Waals surface area contributed by atoms with E-state index in [1.165, 1.54) is 5.39 Å². The van der Waals surface area contributed by atoms with Gasteiger partial charge in [-0.2, -0.15) is 0 Å². The van der Waals surface area contributed by atoms with Gasteiger partial charge in [0.1, 0.15) is 0 Å². The number of hydrogen-bond donors (Lipinski definition) is 0. The summed E-state index contributed by atoms with van der Waals surface area (Å²) in [5, 5.41) is 4.48. The van der Waals surface area contributed by atoms with Crippen molar-refractivity contribution < 1.29 is 4.79 Å². The van der Waals surface area contributed by atoms with Crippen molar-refractivity contribution in [2.45, 2.75) is 13.3 Å². The van der Waals surface area contributed by atoms with Crippen LogP contribution in [0.3, 0.4) is 0 Å². The van der Waals surface area contributed by atoms with Gasteiger partial charge in [0.05, 0.1) is 11.3 Å². The first-order valence-corrected chi connectivity index (χ1v) is 6.75. The van der Waals surface area contributed by atoms with Gasteiger partial charge in [-0.1, -0.05) is 30.3 Å². The normalized spacial score (nSPS) is 14.4. The van der Waals surface area contributed by atoms with Crippen LogP contribution in [0.5, 0.6) is 0 Å². The zero-order valence-electron chi connectivity index (χ0n) is 11.2. The summed E-state index contributed by atoms with van der Waals surface area (Å²) in [5.41, 5.74) is 2.48. The molecule has 20 heavy (non-hydrogen) atoms. The topological polar surface area (TPSA) is 29.4 Å². The van der Waals surface area contributed by atoms with Crippen LogP contribution in [0, 0.1) is 0 Å². The number of carbonyl (C=O) groups is 1. The molecule has 0 N–H and O–H groups in total. The Morgan fingerprint density at radius 2 is 1.70 bits per heavy atom. The Balaban J connectivity index is 2.15. The summed E-state index contributed by atoms with van der Waals surface area (Å²) >= 11 is 0. The van der Waals surface area contributed by atoms with Gasteiger partial charge in [0, 0.05) is 12.1 Å². The molecule has 3 aromatic carbocycles. The standard InChI is InChI=1S/C18H13NO/c1-11-8-17(20)18-15-10-13-5-3-2-4-12(13)9-14(15)6-7-16(18)19-11/h2-7,9-10H,8H2,1H3. The monoisotopic (exact) mass is 259 g/mol. The number of hydrogen-bond acceptors (Lipinski definition) is 2. The van der Waals surface area contributed by atoms with Gasteiger partial charge in [-0.15, -0.1) is 0 Å². The molecule has 1 aliphatic heterocycles. The Bertz CT molecular complexity index is 906. The molecule has 0 saturated heterocycles. The van der Waals surface area contributed by atoms with Crippen LogP contribution in [-0.2, 0) is 0 Å². The van der Waals surface area contributed by atoms with Crippen molar-refractivity contribution >= 4 is 38.7 Å². The van der Waals surface area contributed by atoms with E-state index in [-0.39, 0.29) is 5.78 Å². The van der Waals surface area contributed by atoms with Crippen molar-refractivity contribution in [2.24, 2.45) is 4.99 Å². The molecule has 0 bridgehead atoms. The van der Waals surface area contributed by atoms with E-state index < -0.39 is 0 Å². The SMILES string of the molecule is CC1=Nc2ccc3cc4ccccc4cc3c2C(=O)C1. The van der Waals surface area contributed by atoms with Crippen molar-refractivity contribution in [3.05, 3.63) is 54.1 Å². The summed E-state index contributed by atoms with van der Waals surface area (Å²) in [5.74, 6) is 0.174. The van der Waals surface area contributed by atoms with Gasteiger partial charge in [0.25, 0.3) is 0 Å². The molecule has 0 unspecified atom stereocenters. The van der Waals surface area contributed by atoms with Crippen molar-refractivity contribution in [3.8, 4) is 0 Å². The number of ketones is 1. The fraction of sp³-hybridized carbons (Fsp3) is 0.111. The predicted octanol–water partition coefficient (Wildman–Crippen LogP) is 4.67. The van der Waals surface area contributed by atoms with E-state index in [9.17, 15) is 4.79 Å². The van der Waals surface area contributed by atoms with Crippen molar-refractivity contribution in [3.63, 3.8) is 0 Å². The number of nitrogens with zero attached hydrogens (tertiary/aromatic N) is 1. The third-order valence-corrected chi connectivity index (χ3v) is 3.87. The molecule has 0 saturated carbocycles. The quantitative estimate of drug-likeness (QED) is 0.539. The molecule has 0 aliphatic carbocycles. The van der Waals surface area contributed by atoms with E-state index in [0.29, 0.717) is 6.42 Å². The number of Topliss-reactive ketones (excluding diaryl/α,β-unsaturated/α-hetero) is 1. The Labute approximate surface area is 116 Å². The van der Waals surface area contributed by atoms with Crippen LogP contribution in [0.4, 0.5) is 5.69 Å². The second-order valence-corrected chi connectivity index (χ2v) is 5.33. The molecule has 0 amide bonds. The van der Waals surface area contributed by atoms with Gasteiger partial charge in [0.15, 0.2) is 5.78 Å². The Kier molecular flexibility index (Phi) is 2.27. The second-order valence-electron chi connectivity index (χ2n) is 5.33. The zero-order valence-corrected chi connectivity index (χ0v) is 11.2. The minimum atomic E-state index is 0.174. The van der Waals surface area contributed by atoms with E-state index in [1.54, 1.807) is 0 Å². The van der Waals surface area contributed by atoms with Crippen molar-refractivity contribution in [2.75, 3.05) is 0 Å². The molecule has 2 nitrogen and oxygen atoms in total. The average molecular weight is 259 g/mol. The Morgan fingerprint density at radius 1 is 0.950 bits per heavy atom. The maximum atomic E-state index is 12.4. The summed E-state index contributed by atoms with van der Waals surface area (Å²) in [4.78, 5) is 16.9. The molecule has 2 heteroatoms. The molecule has 0 fully saturated rings. The maximum absolute atomic E-state index is 12.4. The largest absolute Gasteiger partial charge is 0.294 e. The van der Waals surface area contributed by atoms with E-state index in [2.05, 4.69) is 35.3 Å². The van der Waals surface area contributed by atoms with Crippen LogP contribution >= 0.6 is 0 Å². The van der Waals surface area contributed by atoms with Crippen LogP contribution < -0.4 is 0 Å². The van der Waals surface area contributed by atoms with Gasteiger partial charge < -0.3 is 0 Å². The lowest BCUT2D eigenvalue weighted by Crippen LogP contribution is -2.11. The summed E-state index contributed by atoms with van der Waals surface area (Å²) < 4.78 is 0. The molecule has 1 heterocycles. The van der Waals surface area contributed by atoms with Crippen LogP contribution in [0.1, 0.15) is 23.7 Å². The van der Waals surface area contributed by atoms with Crippen molar-refractivity contribution in [1.29, 1.82) is 0 Å². The predicted molar refractivity (Wildman–Crippen MR) is 83.2 cm³/mol. The number of rotatable bonds is 0. The smallest absolute Gasteiger partial charge is 0.171 e. The highest BCUT2D eigenvalue weighted by Gasteiger charge is 2.20. The molecule has 0 radical (unpaired) electrons. The van der Waals surface area contributed by atoms with Gasteiger partial charge >= 0.3 is 0 Å². The Hall–Kier alpha value is -2.48. The van der Waals surface area contributed by atoms with E-state index in [4.69, 9.17) is 0 Å². The molecule has 0 aromatic heterocycles. The van der Waals surface area contributed by atoms with E-state index >= 15 is 0 Å². The number of aliphatic imine (C=N–C) groups is 1. The van der Waals surface area contributed by atoms with Crippen LogP contribution in [0.15, 0.2) is 53.5 Å². The third kappa shape index (κ3) is 1.58. The van der Waals surface area contributed by atoms with E-state index in [1.807, 2.05) is 25.1 Å². The highest BCUT2D eigenvalue weighted by atomic mass is 16.1. The lowest BCUT2D eigenvalue weighted by molar-refractivity contribution is 0.100. The van der Waals surface area contributed by atoms with Crippen molar-refractivity contribution in [1.82, 2.24) is 0 Å². The summed E-state index contributed by atoms with van der Waals surface area (Å²) in [6.07, 6.45) is 0.430. The molecular formula is C18H13NO. The average Bonchev–Trinajstić information content (AvgIpc) is 2.44. The molecule has 1 aliphatic rings.